The second kappa shape index (κ2) is 17.4. The molecular weight excluding hydrogens is 747 g/mol. The Labute approximate surface area is 336 Å². The van der Waals surface area contributed by atoms with Crippen LogP contribution in [-0.4, -0.2) is 45.8 Å². The van der Waals surface area contributed by atoms with Crippen molar-refractivity contribution in [3.05, 3.63) is 130 Å². The molecule has 1 fully saturated rings. The van der Waals surface area contributed by atoms with Crippen molar-refractivity contribution in [1.29, 1.82) is 0 Å². The van der Waals surface area contributed by atoms with Crippen LogP contribution in [0.25, 0.3) is 0 Å². The van der Waals surface area contributed by atoms with Gasteiger partial charge in [-0.05, 0) is 90.3 Å². The van der Waals surface area contributed by atoms with Gasteiger partial charge >= 0.3 is 17.8 Å². The van der Waals surface area contributed by atoms with Crippen LogP contribution in [0.3, 0.4) is 0 Å². The Kier molecular flexibility index (Phi) is 12.4. The molecule has 0 atom stereocenters. The summed E-state index contributed by atoms with van der Waals surface area (Å²) in [5, 5.41) is 15.0. The van der Waals surface area contributed by atoms with Crippen molar-refractivity contribution in [3.63, 3.8) is 0 Å². The lowest BCUT2D eigenvalue weighted by atomic mass is 9.93. The van der Waals surface area contributed by atoms with E-state index < -0.39 is 29.0 Å². The van der Waals surface area contributed by atoms with Gasteiger partial charge in [-0.1, -0.05) is 93.4 Å². The number of carbonyl (C=O) groups is 3. The Bertz CT molecular complexity index is 2230. The van der Waals surface area contributed by atoms with E-state index in [4.69, 9.17) is 16.3 Å². The number of hydrogen-bond donors (Lipinski definition) is 5. The third-order valence-electron chi connectivity index (χ3n) is 9.57. The molecule has 12 nitrogen and oxygen atoms in total. The number of amides is 3. The van der Waals surface area contributed by atoms with Crippen molar-refractivity contribution in [2.24, 2.45) is 5.41 Å². The molecule has 5 N–H and O–H groups in total. The SMILES string of the molecule is Cc1ccc(NC(=O)C(=O)NCC(C)(C)CNC(=O)c2ccc(Nc3nc(NC4(c5ccc(Cl)cc5)CC4)nc(OCc4ccc(C(C)C)cc4)n3)cc2F)cc1. The summed E-state index contributed by atoms with van der Waals surface area (Å²) >= 11 is 6.14. The van der Waals surface area contributed by atoms with Gasteiger partial charge in [0.05, 0.1) is 11.1 Å². The van der Waals surface area contributed by atoms with Crippen LogP contribution in [0, 0.1) is 18.2 Å². The van der Waals surface area contributed by atoms with Crippen LogP contribution >= 0.6 is 11.6 Å². The quantitative estimate of drug-likeness (QED) is 0.0662. The molecule has 296 valence electrons. The van der Waals surface area contributed by atoms with E-state index in [0.29, 0.717) is 22.3 Å². The van der Waals surface area contributed by atoms with Crippen LogP contribution in [0.15, 0.2) is 91.0 Å². The summed E-state index contributed by atoms with van der Waals surface area (Å²) in [6, 6.07) is 26.9. The van der Waals surface area contributed by atoms with Gasteiger partial charge in [-0.2, -0.15) is 15.0 Å². The van der Waals surface area contributed by atoms with E-state index in [9.17, 15) is 14.4 Å². The van der Waals surface area contributed by atoms with Gasteiger partial charge in [-0.25, -0.2) is 4.39 Å². The molecule has 3 amide bonds. The molecule has 0 spiro atoms. The predicted octanol–water partition coefficient (Wildman–Crippen LogP) is 8.03. The number of aromatic nitrogens is 3. The van der Waals surface area contributed by atoms with E-state index >= 15 is 4.39 Å². The molecule has 5 aromatic rings. The lowest BCUT2D eigenvalue weighted by Crippen LogP contribution is -2.45. The fourth-order valence-corrected chi connectivity index (χ4v) is 6.01. The normalized spacial score (nSPS) is 13.1. The maximum absolute atomic E-state index is 15.5. The number of nitrogens with one attached hydrogen (secondary N) is 5. The number of halogens is 2. The highest BCUT2D eigenvalue weighted by Gasteiger charge is 2.45. The summed E-state index contributed by atoms with van der Waals surface area (Å²) in [5.41, 5.74) is 3.79. The maximum atomic E-state index is 15.5. The standard InChI is InChI=1S/C43H46ClFN8O4/c1-26(2)29-10-8-28(9-11-29)23-57-41-51-39(50-40(52-41)53-43(20-21-43)30-12-14-31(44)15-13-30)49-33-18-19-34(35(45)22-33)36(54)46-24-42(4,5)25-47-37(55)38(56)48-32-16-6-27(3)7-17-32/h6-19,22,26H,20-21,23-25H2,1-5H3,(H,46,54)(H,47,55)(H,48,56)(H2,49,50,51,52,53). The monoisotopic (exact) mass is 792 g/mol. The van der Waals surface area contributed by atoms with Gasteiger partial charge in [-0.15, -0.1) is 0 Å². The molecule has 1 aromatic heterocycles. The average Bonchev–Trinajstić information content (AvgIpc) is 3.96. The van der Waals surface area contributed by atoms with Crippen molar-refractivity contribution in [2.45, 2.75) is 65.5 Å². The molecule has 4 aromatic carbocycles. The molecule has 1 saturated carbocycles. The average molecular weight is 793 g/mol. The zero-order chi connectivity index (χ0) is 40.7. The van der Waals surface area contributed by atoms with E-state index in [1.807, 2.05) is 55.5 Å². The van der Waals surface area contributed by atoms with Crippen molar-refractivity contribution >= 4 is 52.6 Å². The van der Waals surface area contributed by atoms with Crippen LogP contribution in [-0.2, 0) is 21.7 Å². The molecule has 0 saturated heterocycles. The second-order valence-electron chi connectivity index (χ2n) is 15.3. The van der Waals surface area contributed by atoms with Crippen molar-refractivity contribution in [1.82, 2.24) is 25.6 Å². The Morgan fingerprint density at radius 3 is 2.12 bits per heavy atom. The molecule has 0 bridgehead atoms. The highest BCUT2D eigenvalue weighted by Crippen LogP contribution is 2.48. The van der Waals surface area contributed by atoms with Gasteiger partial charge in [-0.3, -0.25) is 14.4 Å². The Morgan fingerprint density at radius 2 is 1.47 bits per heavy atom. The number of anilines is 4. The van der Waals surface area contributed by atoms with Crippen molar-refractivity contribution in [2.75, 3.05) is 29.0 Å². The minimum absolute atomic E-state index is 0.0667. The Morgan fingerprint density at radius 1 is 0.825 bits per heavy atom. The minimum atomic E-state index is -0.811. The molecular formula is C43H46ClFN8O4. The van der Waals surface area contributed by atoms with Gasteiger partial charge in [0.2, 0.25) is 11.9 Å². The predicted molar refractivity (Wildman–Crippen MR) is 219 cm³/mol. The van der Waals surface area contributed by atoms with Crippen LogP contribution in [0.1, 0.15) is 79.1 Å². The molecule has 14 heteroatoms. The summed E-state index contributed by atoms with van der Waals surface area (Å²) in [5.74, 6) is -2.25. The van der Waals surface area contributed by atoms with Gasteiger partial charge in [0.1, 0.15) is 12.4 Å². The Hall–Kier alpha value is -6.08. The number of aryl methyl sites for hydroxylation is 1. The summed E-state index contributed by atoms with van der Waals surface area (Å²) in [4.78, 5) is 51.4. The zero-order valence-electron chi connectivity index (χ0n) is 32.5. The first-order valence-electron chi connectivity index (χ1n) is 18.7. The maximum Gasteiger partial charge on any atom is 0.323 e. The smallest absolute Gasteiger partial charge is 0.323 e. The minimum Gasteiger partial charge on any atom is -0.458 e. The number of nitrogens with zero attached hydrogens (tertiary/aromatic N) is 3. The topological polar surface area (TPSA) is 159 Å². The Balaban J connectivity index is 1.09. The summed E-state index contributed by atoms with van der Waals surface area (Å²) in [6.07, 6.45) is 1.71. The molecule has 1 aliphatic carbocycles. The summed E-state index contributed by atoms with van der Waals surface area (Å²) < 4.78 is 21.5. The van der Waals surface area contributed by atoms with Crippen molar-refractivity contribution in [3.8, 4) is 6.01 Å². The van der Waals surface area contributed by atoms with E-state index in [1.165, 1.54) is 17.7 Å². The first-order chi connectivity index (χ1) is 27.2. The van der Waals surface area contributed by atoms with Crippen LogP contribution in [0.5, 0.6) is 6.01 Å². The fraction of sp³-hybridized carbons (Fsp3) is 0.302. The molecule has 1 heterocycles. The fourth-order valence-electron chi connectivity index (χ4n) is 5.88. The first-order valence-corrected chi connectivity index (χ1v) is 19.1. The van der Waals surface area contributed by atoms with Crippen LogP contribution in [0.2, 0.25) is 5.02 Å². The van der Waals surface area contributed by atoms with Gasteiger partial charge in [0, 0.05) is 29.5 Å². The number of hydrogen-bond acceptors (Lipinski definition) is 9. The second-order valence-corrected chi connectivity index (χ2v) is 15.8. The van der Waals surface area contributed by atoms with Crippen LogP contribution in [0.4, 0.5) is 27.7 Å². The van der Waals surface area contributed by atoms with Gasteiger partial charge in [0.25, 0.3) is 5.91 Å². The first kappa shape index (κ1) is 40.6. The molecule has 1 aliphatic rings. The molecule has 0 radical (unpaired) electrons. The highest BCUT2D eigenvalue weighted by molar-refractivity contribution is 6.39. The van der Waals surface area contributed by atoms with Crippen LogP contribution < -0.4 is 31.3 Å². The number of rotatable bonds is 15. The van der Waals surface area contributed by atoms with E-state index in [-0.39, 0.29) is 48.7 Å². The highest BCUT2D eigenvalue weighted by atomic mass is 35.5. The number of benzene rings is 4. The summed E-state index contributed by atoms with van der Waals surface area (Å²) in [7, 11) is 0. The van der Waals surface area contributed by atoms with Gasteiger partial charge < -0.3 is 31.3 Å². The molecule has 57 heavy (non-hydrogen) atoms. The van der Waals surface area contributed by atoms with E-state index in [0.717, 1.165) is 29.5 Å². The number of carbonyl (C=O) groups excluding carboxylic acids is 3. The molecule has 0 aliphatic heterocycles. The molecule has 6 rings (SSSR count). The largest absolute Gasteiger partial charge is 0.458 e. The zero-order valence-corrected chi connectivity index (χ0v) is 33.3. The lowest BCUT2D eigenvalue weighted by Gasteiger charge is -2.25. The van der Waals surface area contributed by atoms with E-state index in [2.05, 4.69) is 67.5 Å². The lowest BCUT2D eigenvalue weighted by molar-refractivity contribution is -0.136. The third-order valence-corrected chi connectivity index (χ3v) is 9.82. The molecule has 0 unspecified atom stereocenters. The third kappa shape index (κ3) is 11.0. The number of ether oxygens (including phenoxy) is 1. The summed E-state index contributed by atoms with van der Waals surface area (Å²) in [6.45, 7) is 10.2. The van der Waals surface area contributed by atoms with Crippen molar-refractivity contribution < 1.29 is 23.5 Å². The van der Waals surface area contributed by atoms with E-state index in [1.54, 1.807) is 32.0 Å². The van der Waals surface area contributed by atoms with Gasteiger partial charge in [0.15, 0.2) is 0 Å².